The lowest BCUT2D eigenvalue weighted by molar-refractivity contribution is 0.387. The summed E-state index contributed by atoms with van der Waals surface area (Å²) >= 11 is 0. The summed E-state index contributed by atoms with van der Waals surface area (Å²) in [5.41, 5.74) is 8.15. The quantitative estimate of drug-likeness (QED) is 0.882. The molecule has 0 aliphatic carbocycles. The van der Waals surface area contributed by atoms with Crippen LogP contribution in [-0.4, -0.2) is 18.1 Å². The van der Waals surface area contributed by atoms with Gasteiger partial charge in [0.05, 0.1) is 0 Å². The first-order valence-corrected chi connectivity index (χ1v) is 7.82. The van der Waals surface area contributed by atoms with Crippen LogP contribution in [0.1, 0.15) is 17.3 Å². The maximum absolute atomic E-state index is 4.91. The molecule has 2 aliphatic heterocycles. The van der Waals surface area contributed by atoms with Crippen molar-refractivity contribution in [3.63, 3.8) is 0 Å². The third-order valence-corrected chi connectivity index (χ3v) is 4.12. The van der Waals surface area contributed by atoms with E-state index in [9.17, 15) is 0 Å². The van der Waals surface area contributed by atoms with Crippen LogP contribution in [0.2, 0.25) is 6.82 Å². The normalized spacial score (nSPS) is 19.2. The van der Waals surface area contributed by atoms with E-state index in [1.165, 1.54) is 16.6 Å². The van der Waals surface area contributed by atoms with Gasteiger partial charge >= 0.3 is 0 Å². The van der Waals surface area contributed by atoms with E-state index in [4.69, 9.17) is 4.99 Å². The minimum Gasteiger partial charge on any atom is -0.265 e. The number of hydrogen-bond donors (Lipinski definition) is 1. The molecule has 0 aromatic heterocycles. The number of aliphatic imine (C=N–C) groups is 1. The third kappa shape index (κ3) is 2.62. The fraction of sp³-hybridized carbons (Fsp3) is 0.105. The van der Waals surface area contributed by atoms with Crippen LogP contribution >= 0.6 is 0 Å². The lowest BCUT2D eigenvalue weighted by Crippen LogP contribution is -2.35. The number of benzene rings is 2. The van der Waals surface area contributed by atoms with Gasteiger partial charge in [0, 0.05) is 11.8 Å². The Kier molecular flexibility index (Phi) is 3.60. The first-order chi connectivity index (χ1) is 11.3. The van der Waals surface area contributed by atoms with Gasteiger partial charge in [-0.2, -0.15) is 0 Å². The number of nitrogens with one attached hydrogen (secondary N) is 1. The van der Waals surface area contributed by atoms with Gasteiger partial charge in [0.2, 0.25) is 0 Å². The van der Waals surface area contributed by atoms with Gasteiger partial charge in [-0.25, -0.2) is 10.4 Å². The lowest BCUT2D eigenvalue weighted by atomic mass is 9.73. The van der Waals surface area contributed by atoms with Crippen LogP contribution < -0.4 is 10.9 Å². The lowest BCUT2D eigenvalue weighted by Gasteiger charge is -2.21. The topological polar surface area (TPSA) is 27.6 Å². The first-order valence-electron chi connectivity index (χ1n) is 7.82. The highest BCUT2D eigenvalue weighted by Gasteiger charge is 2.28. The monoisotopic (exact) mass is 298 g/mol. The molecule has 0 fully saturated rings. The van der Waals surface area contributed by atoms with E-state index in [0.717, 1.165) is 11.4 Å². The summed E-state index contributed by atoms with van der Waals surface area (Å²) < 4.78 is 0. The van der Waals surface area contributed by atoms with Crippen LogP contribution in [0, 0.1) is 0 Å². The Balaban J connectivity index is 1.69. The standard InChI is InChI=1S/C19H17BN3/c1-20-16-10-5-9-15(13-16)18-21-19-17(11-6-12-23(19)22-18)14-7-3-2-4-8-14/h2-13,18,22H,1H3. The van der Waals surface area contributed by atoms with Gasteiger partial charge in [-0.3, -0.25) is 5.01 Å². The molecule has 23 heavy (non-hydrogen) atoms. The molecule has 1 atom stereocenters. The molecular formula is C19H17BN3. The van der Waals surface area contributed by atoms with E-state index in [-0.39, 0.29) is 6.17 Å². The molecule has 2 heterocycles. The molecule has 0 amide bonds. The highest BCUT2D eigenvalue weighted by atomic mass is 15.6. The molecule has 111 valence electrons. The van der Waals surface area contributed by atoms with Gasteiger partial charge < -0.3 is 0 Å². The Morgan fingerprint density at radius 2 is 1.96 bits per heavy atom. The molecule has 2 aliphatic rings. The summed E-state index contributed by atoms with van der Waals surface area (Å²) in [6.45, 7) is 2.05. The molecule has 1 unspecified atom stereocenters. The van der Waals surface area contributed by atoms with Crippen molar-refractivity contribution >= 4 is 24.2 Å². The van der Waals surface area contributed by atoms with Crippen molar-refractivity contribution in [1.82, 2.24) is 10.4 Å². The second-order valence-corrected chi connectivity index (χ2v) is 5.60. The third-order valence-electron chi connectivity index (χ3n) is 4.12. The molecule has 2 aromatic carbocycles. The highest BCUT2D eigenvalue weighted by Crippen LogP contribution is 2.29. The van der Waals surface area contributed by atoms with Crippen molar-refractivity contribution in [3.05, 3.63) is 84.1 Å². The number of fused-ring (bicyclic) bond motifs is 1. The largest absolute Gasteiger partial charge is 0.265 e. The van der Waals surface area contributed by atoms with Gasteiger partial charge in [0.1, 0.15) is 13.4 Å². The summed E-state index contributed by atoms with van der Waals surface area (Å²) in [6, 6.07) is 18.8. The second-order valence-electron chi connectivity index (χ2n) is 5.60. The molecule has 3 nitrogen and oxygen atoms in total. The summed E-state index contributed by atoms with van der Waals surface area (Å²) in [5, 5.41) is 2.01. The predicted molar refractivity (Wildman–Crippen MR) is 96.4 cm³/mol. The molecule has 0 spiro atoms. The zero-order valence-electron chi connectivity index (χ0n) is 13.0. The van der Waals surface area contributed by atoms with Crippen LogP contribution in [0.25, 0.3) is 5.57 Å². The van der Waals surface area contributed by atoms with Gasteiger partial charge in [-0.05, 0) is 23.3 Å². The zero-order valence-corrected chi connectivity index (χ0v) is 13.0. The van der Waals surface area contributed by atoms with Crippen molar-refractivity contribution in [2.75, 3.05) is 0 Å². The van der Waals surface area contributed by atoms with Gasteiger partial charge in [-0.15, -0.1) is 0 Å². The molecule has 0 bridgehead atoms. The first kappa shape index (κ1) is 14.0. The van der Waals surface area contributed by atoms with Gasteiger partial charge in [0.25, 0.3) is 0 Å². The highest BCUT2D eigenvalue weighted by molar-refractivity contribution is 6.51. The Bertz CT molecular complexity index is 808. The van der Waals surface area contributed by atoms with E-state index >= 15 is 0 Å². The van der Waals surface area contributed by atoms with Crippen molar-refractivity contribution in [1.29, 1.82) is 0 Å². The van der Waals surface area contributed by atoms with E-state index in [0.29, 0.717) is 0 Å². The minimum absolute atomic E-state index is 0.0558. The maximum Gasteiger partial charge on any atom is 0.152 e. The van der Waals surface area contributed by atoms with Gasteiger partial charge in [0.15, 0.2) is 5.84 Å². The molecule has 2 aromatic rings. The van der Waals surface area contributed by atoms with Crippen molar-refractivity contribution < 1.29 is 0 Å². The number of amidine groups is 1. The second kappa shape index (κ2) is 5.90. The van der Waals surface area contributed by atoms with E-state index in [1.807, 2.05) is 23.4 Å². The number of hydrazine groups is 1. The Morgan fingerprint density at radius 1 is 1.09 bits per heavy atom. The Hall–Kier alpha value is -2.59. The summed E-state index contributed by atoms with van der Waals surface area (Å²) in [7, 11) is 2.11. The van der Waals surface area contributed by atoms with Crippen LogP contribution in [0.5, 0.6) is 0 Å². The molecule has 1 N–H and O–H groups in total. The smallest absolute Gasteiger partial charge is 0.152 e. The van der Waals surface area contributed by atoms with Crippen molar-refractivity contribution in [2.24, 2.45) is 4.99 Å². The number of hydrogen-bond acceptors (Lipinski definition) is 3. The molecule has 1 radical (unpaired) electrons. The van der Waals surface area contributed by atoms with Crippen molar-refractivity contribution in [3.8, 4) is 0 Å². The summed E-state index contributed by atoms with van der Waals surface area (Å²) in [4.78, 5) is 4.91. The molecule has 4 heteroatoms. The number of allylic oxidation sites excluding steroid dienone is 2. The van der Waals surface area contributed by atoms with Crippen LogP contribution in [-0.2, 0) is 0 Å². The van der Waals surface area contributed by atoms with E-state index in [1.54, 1.807) is 0 Å². The number of nitrogens with zero attached hydrogens (tertiary/aromatic N) is 2. The molecule has 0 saturated carbocycles. The zero-order chi connectivity index (χ0) is 15.6. The van der Waals surface area contributed by atoms with Crippen LogP contribution in [0.3, 0.4) is 0 Å². The van der Waals surface area contributed by atoms with Gasteiger partial charge in [-0.1, -0.05) is 66.9 Å². The van der Waals surface area contributed by atoms with Crippen molar-refractivity contribution in [2.45, 2.75) is 13.0 Å². The van der Waals surface area contributed by atoms with Crippen LogP contribution in [0.4, 0.5) is 0 Å². The Labute approximate surface area is 137 Å². The predicted octanol–water partition coefficient (Wildman–Crippen LogP) is 2.89. The SMILES string of the molecule is C[B]c1cccc(C2N=C3C(c4ccccc4)=CC=CN3N2)c1. The van der Waals surface area contributed by atoms with Crippen LogP contribution in [0.15, 0.2) is 77.9 Å². The minimum atomic E-state index is -0.0558. The fourth-order valence-electron chi connectivity index (χ4n) is 2.92. The fourth-order valence-corrected chi connectivity index (χ4v) is 2.92. The molecular weight excluding hydrogens is 281 g/mol. The average Bonchev–Trinajstić information content (AvgIpc) is 3.07. The molecule has 0 saturated heterocycles. The molecule has 4 rings (SSSR count). The van der Waals surface area contributed by atoms with E-state index in [2.05, 4.69) is 74.1 Å². The Morgan fingerprint density at radius 3 is 2.78 bits per heavy atom. The summed E-state index contributed by atoms with van der Waals surface area (Å²) in [6.07, 6.45) is 6.12. The number of rotatable bonds is 3. The summed E-state index contributed by atoms with van der Waals surface area (Å²) in [5.74, 6) is 0.967. The maximum atomic E-state index is 4.91. The average molecular weight is 298 g/mol. The van der Waals surface area contributed by atoms with E-state index < -0.39 is 0 Å².